The summed E-state index contributed by atoms with van der Waals surface area (Å²) in [4.78, 5) is 3.69. The molecule has 5 heteroatoms. The normalized spacial score (nSPS) is 9.80. The van der Waals surface area contributed by atoms with Crippen LogP contribution >= 0.6 is 11.6 Å². The molecular formula is C5H6ClN3O. The molecule has 2 N–H and O–H groups in total. The lowest BCUT2D eigenvalue weighted by Gasteiger charge is -1.99. The van der Waals surface area contributed by atoms with E-state index in [4.69, 9.17) is 22.2 Å². The molecule has 0 aliphatic rings. The van der Waals surface area contributed by atoms with Gasteiger partial charge in [-0.25, -0.2) is 4.98 Å². The monoisotopic (exact) mass is 159 g/mol. The molecule has 0 atom stereocenters. The minimum absolute atomic E-state index is 0.0718. The Morgan fingerprint density at radius 2 is 2.40 bits per heavy atom. The van der Waals surface area contributed by atoms with E-state index in [1.54, 1.807) is 6.92 Å². The molecule has 0 aliphatic heterocycles. The van der Waals surface area contributed by atoms with Crippen LogP contribution in [-0.4, -0.2) is 14.9 Å². The summed E-state index contributed by atoms with van der Waals surface area (Å²) in [5.74, 6) is 0.303. The molecule has 0 saturated heterocycles. The molecule has 1 heterocycles. The van der Waals surface area contributed by atoms with Crippen LogP contribution in [0.25, 0.3) is 0 Å². The Kier molecular flexibility index (Phi) is 1.63. The molecule has 0 aliphatic carbocycles. The summed E-state index contributed by atoms with van der Waals surface area (Å²) < 4.78 is 0.659. The third-order valence-electron chi connectivity index (χ3n) is 1.06. The van der Waals surface area contributed by atoms with Gasteiger partial charge >= 0.3 is 0 Å². The van der Waals surface area contributed by atoms with Gasteiger partial charge in [0, 0.05) is 6.07 Å². The van der Waals surface area contributed by atoms with Gasteiger partial charge < -0.3 is 5.21 Å². The van der Waals surface area contributed by atoms with Gasteiger partial charge in [-0.15, -0.1) is 0 Å². The average Bonchev–Trinajstić information content (AvgIpc) is 1.82. The Morgan fingerprint density at radius 1 is 1.80 bits per heavy atom. The quantitative estimate of drug-likeness (QED) is 0.429. The van der Waals surface area contributed by atoms with E-state index in [0.717, 1.165) is 0 Å². The first-order valence-corrected chi connectivity index (χ1v) is 2.99. The van der Waals surface area contributed by atoms with Crippen LogP contribution in [-0.2, 0) is 0 Å². The van der Waals surface area contributed by atoms with Crippen LogP contribution in [0.2, 0.25) is 5.15 Å². The smallest absolute Gasteiger partial charge is 0.165 e. The second-order valence-electron chi connectivity index (χ2n) is 1.82. The van der Waals surface area contributed by atoms with E-state index >= 15 is 0 Å². The summed E-state index contributed by atoms with van der Waals surface area (Å²) in [5.41, 5.74) is -0.0718. The maximum Gasteiger partial charge on any atom is 0.165 e. The van der Waals surface area contributed by atoms with Crippen molar-refractivity contribution in [3.8, 4) is 0 Å². The second kappa shape index (κ2) is 2.30. The minimum Gasteiger partial charge on any atom is -0.425 e. The van der Waals surface area contributed by atoms with E-state index in [-0.39, 0.29) is 10.6 Å². The fourth-order valence-electron chi connectivity index (χ4n) is 0.582. The second-order valence-corrected chi connectivity index (χ2v) is 2.21. The van der Waals surface area contributed by atoms with Crippen molar-refractivity contribution in [3.63, 3.8) is 0 Å². The van der Waals surface area contributed by atoms with E-state index in [0.29, 0.717) is 10.6 Å². The number of aromatic nitrogens is 2. The third-order valence-corrected chi connectivity index (χ3v) is 1.25. The van der Waals surface area contributed by atoms with Crippen LogP contribution < -0.4 is 5.49 Å². The van der Waals surface area contributed by atoms with E-state index in [1.165, 1.54) is 6.07 Å². The number of hydrogen-bond donors (Lipinski definition) is 2. The molecule has 54 valence electrons. The number of halogens is 1. The van der Waals surface area contributed by atoms with E-state index in [2.05, 4.69) is 4.98 Å². The fourth-order valence-corrected chi connectivity index (χ4v) is 0.808. The summed E-state index contributed by atoms with van der Waals surface area (Å²) in [6.45, 7) is 1.56. The summed E-state index contributed by atoms with van der Waals surface area (Å²) in [5, 5.41) is 16.2. The van der Waals surface area contributed by atoms with Gasteiger partial charge in [0.15, 0.2) is 5.49 Å². The molecule has 0 spiro atoms. The van der Waals surface area contributed by atoms with Crippen molar-refractivity contribution < 1.29 is 5.21 Å². The molecule has 0 fully saturated rings. The van der Waals surface area contributed by atoms with Crippen LogP contribution in [0.5, 0.6) is 0 Å². The summed E-state index contributed by atoms with van der Waals surface area (Å²) in [6, 6.07) is 1.26. The standard InChI is InChI=1S/C5H6ClN3O/c1-3-8-4(6)2-5(7)9(3)10/h2,7,10H,1H3. The van der Waals surface area contributed by atoms with Crippen LogP contribution in [0.3, 0.4) is 0 Å². The molecule has 0 radical (unpaired) electrons. The lowest BCUT2D eigenvalue weighted by molar-refractivity contribution is 0.159. The third kappa shape index (κ3) is 1.11. The zero-order valence-corrected chi connectivity index (χ0v) is 6.05. The van der Waals surface area contributed by atoms with Gasteiger partial charge in [0.05, 0.1) is 0 Å². The van der Waals surface area contributed by atoms with Gasteiger partial charge in [-0.05, 0) is 6.92 Å². The van der Waals surface area contributed by atoms with E-state index in [9.17, 15) is 0 Å². The van der Waals surface area contributed by atoms with Crippen LogP contribution in [0, 0.1) is 12.3 Å². The zero-order valence-electron chi connectivity index (χ0n) is 5.30. The van der Waals surface area contributed by atoms with Crippen molar-refractivity contribution in [1.82, 2.24) is 9.71 Å². The number of aryl methyl sites for hydroxylation is 1. The highest BCUT2D eigenvalue weighted by atomic mass is 35.5. The van der Waals surface area contributed by atoms with E-state index in [1.807, 2.05) is 0 Å². The molecule has 10 heavy (non-hydrogen) atoms. The number of nitrogens with zero attached hydrogens (tertiary/aromatic N) is 2. The molecule has 0 amide bonds. The lowest BCUT2D eigenvalue weighted by Crippen LogP contribution is -2.20. The van der Waals surface area contributed by atoms with Gasteiger partial charge in [-0.2, -0.15) is 4.73 Å². The first kappa shape index (κ1) is 7.08. The predicted octanol–water partition coefficient (Wildman–Crippen LogP) is 0.562. The maximum absolute atomic E-state index is 8.94. The SMILES string of the molecule is Cc1nc(Cl)cc(=N)n1O. The van der Waals surface area contributed by atoms with Crippen LogP contribution in [0.1, 0.15) is 5.82 Å². The molecule has 0 saturated carbocycles. The maximum atomic E-state index is 8.94. The molecule has 1 rings (SSSR count). The van der Waals surface area contributed by atoms with Crippen LogP contribution in [0.4, 0.5) is 0 Å². The Balaban J connectivity index is 3.46. The van der Waals surface area contributed by atoms with Crippen molar-refractivity contribution in [3.05, 3.63) is 22.5 Å². The number of rotatable bonds is 0. The first-order valence-electron chi connectivity index (χ1n) is 2.61. The van der Waals surface area contributed by atoms with Crippen molar-refractivity contribution in [2.45, 2.75) is 6.92 Å². The van der Waals surface area contributed by atoms with Crippen molar-refractivity contribution >= 4 is 11.6 Å². The molecule has 0 aromatic carbocycles. The molecule has 0 unspecified atom stereocenters. The van der Waals surface area contributed by atoms with Gasteiger partial charge in [-0.1, -0.05) is 11.6 Å². The molecule has 1 aromatic rings. The van der Waals surface area contributed by atoms with Crippen molar-refractivity contribution in [2.75, 3.05) is 0 Å². The van der Waals surface area contributed by atoms with Crippen molar-refractivity contribution in [2.24, 2.45) is 0 Å². The molecule has 4 nitrogen and oxygen atoms in total. The van der Waals surface area contributed by atoms with Gasteiger partial charge in [0.1, 0.15) is 11.0 Å². The number of nitrogens with one attached hydrogen (secondary N) is 1. The molecule has 0 bridgehead atoms. The summed E-state index contributed by atoms with van der Waals surface area (Å²) >= 11 is 5.47. The topological polar surface area (TPSA) is 61.9 Å². The number of hydrogen-bond acceptors (Lipinski definition) is 3. The Bertz CT molecular complexity index is 306. The molecular weight excluding hydrogens is 154 g/mol. The lowest BCUT2D eigenvalue weighted by atomic mass is 10.6. The minimum atomic E-state index is -0.0718. The highest BCUT2D eigenvalue weighted by Crippen LogP contribution is 1.98. The molecule has 1 aromatic heterocycles. The highest BCUT2D eigenvalue weighted by molar-refractivity contribution is 6.29. The largest absolute Gasteiger partial charge is 0.425 e. The Hall–Kier alpha value is -1.03. The van der Waals surface area contributed by atoms with E-state index < -0.39 is 0 Å². The predicted molar refractivity (Wildman–Crippen MR) is 35.0 cm³/mol. The summed E-state index contributed by atoms with van der Waals surface area (Å²) in [6.07, 6.45) is 0. The van der Waals surface area contributed by atoms with Gasteiger partial charge in [0.25, 0.3) is 0 Å². The average molecular weight is 160 g/mol. The van der Waals surface area contributed by atoms with Gasteiger partial charge in [-0.3, -0.25) is 5.41 Å². The first-order chi connectivity index (χ1) is 4.61. The Morgan fingerprint density at radius 3 is 2.90 bits per heavy atom. The zero-order chi connectivity index (χ0) is 7.72. The van der Waals surface area contributed by atoms with Crippen molar-refractivity contribution in [1.29, 1.82) is 5.41 Å². The summed E-state index contributed by atoms with van der Waals surface area (Å²) in [7, 11) is 0. The fraction of sp³-hybridized carbons (Fsp3) is 0.200. The van der Waals surface area contributed by atoms with Gasteiger partial charge in [0.2, 0.25) is 0 Å². The highest BCUT2D eigenvalue weighted by Gasteiger charge is 1.96. The Labute approximate surface area is 62.2 Å². The van der Waals surface area contributed by atoms with Crippen LogP contribution in [0.15, 0.2) is 6.07 Å².